The SMILES string of the molecule is OC[C@H]1O[C@@H](c2ncnn2-c2ccc(Cl)cc2)[C@H](O)[C@@H](n2cc(-c3cc(F)c(F)c(F)c3)nn2)[C@H]1O. The Balaban J connectivity index is 1.51. The molecule has 3 heterocycles. The number of aliphatic hydroxyl groups is 3. The van der Waals surface area contributed by atoms with Crippen molar-refractivity contribution in [3.05, 3.63) is 77.2 Å². The van der Waals surface area contributed by atoms with Gasteiger partial charge < -0.3 is 20.1 Å². The second kappa shape index (κ2) is 9.59. The van der Waals surface area contributed by atoms with E-state index in [4.69, 9.17) is 16.3 Å². The summed E-state index contributed by atoms with van der Waals surface area (Å²) in [6, 6.07) is 6.91. The van der Waals surface area contributed by atoms with Crippen LogP contribution in [0.15, 0.2) is 48.9 Å². The number of aliphatic hydroxyl groups excluding tert-OH is 3. The molecule has 0 amide bonds. The molecule has 4 aromatic rings. The fourth-order valence-corrected chi connectivity index (χ4v) is 4.24. The van der Waals surface area contributed by atoms with E-state index >= 15 is 0 Å². The molecule has 188 valence electrons. The molecule has 1 aliphatic rings. The van der Waals surface area contributed by atoms with E-state index in [9.17, 15) is 28.5 Å². The lowest BCUT2D eigenvalue weighted by atomic mass is 9.92. The van der Waals surface area contributed by atoms with Gasteiger partial charge in [-0.1, -0.05) is 16.8 Å². The quantitative estimate of drug-likeness (QED) is 0.339. The van der Waals surface area contributed by atoms with Crippen molar-refractivity contribution < 1.29 is 33.2 Å². The minimum Gasteiger partial charge on any atom is -0.394 e. The van der Waals surface area contributed by atoms with Crippen molar-refractivity contribution >= 4 is 11.6 Å². The molecule has 0 radical (unpaired) electrons. The summed E-state index contributed by atoms with van der Waals surface area (Å²) in [5.41, 5.74) is 0.417. The van der Waals surface area contributed by atoms with Crippen molar-refractivity contribution in [3.8, 4) is 16.9 Å². The lowest BCUT2D eigenvalue weighted by molar-refractivity contribution is -0.210. The van der Waals surface area contributed by atoms with Crippen molar-refractivity contribution in [1.29, 1.82) is 0 Å². The molecule has 0 spiro atoms. The van der Waals surface area contributed by atoms with E-state index < -0.39 is 54.5 Å². The monoisotopic (exact) mass is 522 g/mol. The molecule has 1 saturated heterocycles. The van der Waals surface area contributed by atoms with Gasteiger partial charge in [0.25, 0.3) is 0 Å². The highest BCUT2D eigenvalue weighted by atomic mass is 35.5. The number of hydrogen-bond donors (Lipinski definition) is 3. The van der Waals surface area contributed by atoms with Gasteiger partial charge in [0.15, 0.2) is 23.3 Å². The zero-order valence-electron chi connectivity index (χ0n) is 18.2. The summed E-state index contributed by atoms with van der Waals surface area (Å²) >= 11 is 5.96. The third-order valence-electron chi connectivity index (χ3n) is 5.89. The van der Waals surface area contributed by atoms with E-state index in [-0.39, 0.29) is 17.1 Å². The molecule has 2 aromatic heterocycles. The van der Waals surface area contributed by atoms with Crippen LogP contribution < -0.4 is 0 Å². The third kappa shape index (κ3) is 4.24. The van der Waals surface area contributed by atoms with E-state index in [0.717, 1.165) is 16.8 Å². The van der Waals surface area contributed by atoms with Crippen molar-refractivity contribution in [2.45, 2.75) is 30.5 Å². The molecule has 0 bridgehead atoms. The largest absolute Gasteiger partial charge is 0.394 e. The molecule has 1 fully saturated rings. The molecule has 5 atom stereocenters. The third-order valence-corrected chi connectivity index (χ3v) is 6.14. The first-order valence-electron chi connectivity index (χ1n) is 10.6. The average molecular weight is 523 g/mol. The van der Waals surface area contributed by atoms with Crippen LogP contribution in [0.2, 0.25) is 5.02 Å². The number of aromatic nitrogens is 6. The topological polar surface area (TPSA) is 131 Å². The predicted octanol–water partition coefficient (Wildman–Crippen LogP) is 1.99. The maximum Gasteiger partial charge on any atom is 0.194 e. The van der Waals surface area contributed by atoms with Crippen LogP contribution in [0.3, 0.4) is 0 Å². The van der Waals surface area contributed by atoms with Gasteiger partial charge in [-0.25, -0.2) is 27.5 Å². The van der Waals surface area contributed by atoms with Crippen LogP contribution >= 0.6 is 11.6 Å². The highest BCUT2D eigenvalue weighted by Crippen LogP contribution is 2.38. The van der Waals surface area contributed by atoms with Crippen LogP contribution in [0.4, 0.5) is 13.2 Å². The molecule has 5 rings (SSSR count). The number of benzene rings is 2. The zero-order valence-corrected chi connectivity index (χ0v) is 18.9. The van der Waals surface area contributed by atoms with Gasteiger partial charge in [0.2, 0.25) is 0 Å². The molecule has 3 N–H and O–H groups in total. The highest BCUT2D eigenvalue weighted by molar-refractivity contribution is 6.30. The minimum absolute atomic E-state index is 0.0416. The Kier molecular flexibility index (Phi) is 6.49. The standard InChI is InChI=1S/C22H18ClF3N6O4/c23-11-1-3-12(4-2-11)32-22(27-9-28-32)21-20(35)18(19(34)16(8-33)36-21)31-7-15(29-30-31)10-5-13(24)17(26)14(25)6-10/h1-7,9,16,18-21,33-35H,8H2/t16-,18+,19+,20-,21-/m1/s1. The Bertz CT molecular complexity index is 1360. The van der Waals surface area contributed by atoms with Gasteiger partial charge in [0.05, 0.1) is 18.5 Å². The Morgan fingerprint density at radius 2 is 1.72 bits per heavy atom. The van der Waals surface area contributed by atoms with Crippen LogP contribution in [0.1, 0.15) is 18.0 Å². The fourth-order valence-electron chi connectivity index (χ4n) is 4.11. The Morgan fingerprint density at radius 1 is 1.03 bits per heavy atom. The second-order valence-corrected chi connectivity index (χ2v) is 8.53. The van der Waals surface area contributed by atoms with Gasteiger partial charge in [-0.05, 0) is 36.4 Å². The molecule has 36 heavy (non-hydrogen) atoms. The molecule has 1 aliphatic heterocycles. The van der Waals surface area contributed by atoms with Gasteiger partial charge >= 0.3 is 0 Å². The summed E-state index contributed by atoms with van der Waals surface area (Å²) in [5.74, 6) is -4.27. The summed E-state index contributed by atoms with van der Waals surface area (Å²) in [7, 11) is 0. The predicted molar refractivity (Wildman–Crippen MR) is 117 cm³/mol. The van der Waals surface area contributed by atoms with Crippen LogP contribution in [-0.2, 0) is 4.74 Å². The molecule has 0 unspecified atom stereocenters. The lowest BCUT2D eigenvalue weighted by Gasteiger charge is -2.41. The number of rotatable bonds is 5. The summed E-state index contributed by atoms with van der Waals surface area (Å²) in [6.07, 6.45) is -2.80. The van der Waals surface area contributed by atoms with E-state index in [1.54, 1.807) is 24.3 Å². The van der Waals surface area contributed by atoms with Gasteiger partial charge in [0.1, 0.15) is 42.5 Å². The van der Waals surface area contributed by atoms with E-state index in [1.807, 2.05) is 0 Å². The average Bonchev–Trinajstić information content (AvgIpc) is 3.54. The molecular weight excluding hydrogens is 505 g/mol. The van der Waals surface area contributed by atoms with Crippen LogP contribution in [0, 0.1) is 17.5 Å². The Morgan fingerprint density at radius 3 is 2.39 bits per heavy atom. The maximum absolute atomic E-state index is 13.7. The Hall–Kier alpha value is -3.36. The van der Waals surface area contributed by atoms with Gasteiger partial charge in [0, 0.05) is 10.6 Å². The summed E-state index contributed by atoms with van der Waals surface area (Å²) in [4.78, 5) is 4.20. The molecule has 2 aromatic carbocycles. The molecule has 10 nitrogen and oxygen atoms in total. The fraction of sp³-hybridized carbons (Fsp3) is 0.273. The van der Waals surface area contributed by atoms with Gasteiger partial charge in [-0.15, -0.1) is 5.10 Å². The molecule has 0 aliphatic carbocycles. The first-order valence-corrected chi connectivity index (χ1v) is 11.0. The van der Waals surface area contributed by atoms with E-state index in [2.05, 4.69) is 20.4 Å². The van der Waals surface area contributed by atoms with E-state index in [1.165, 1.54) is 17.2 Å². The lowest BCUT2D eigenvalue weighted by Crippen LogP contribution is -2.53. The zero-order chi connectivity index (χ0) is 25.6. The van der Waals surface area contributed by atoms with E-state index in [0.29, 0.717) is 10.7 Å². The van der Waals surface area contributed by atoms with Crippen LogP contribution in [0.5, 0.6) is 0 Å². The van der Waals surface area contributed by atoms with Crippen LogP contribution in [0.25, 0.3) is 16.9 Å². The summed E-state index contributed by atoms with van der Waals surface area (Å²) in [5, 5.41) is 44.3. The van der Waals surface area contributed by atoms with Crippen LogP contribution in [-0.4, -0.2) is 70.0 Å². The maximum atomic E-state index is 13.7. The molecule has 0 saturated carbocycles. The highest BCUT2D eigenvalue weighted by Gasteiger charge is 2.48. The summed E-state index contributed by atoms with van der Waals surface area (Å²) in [6.45, 7) is -0.605. The number of ether oxygens (including phenoxy) is 1. The molecular formula is C22H18ClF3N6O4. The summed E-state index contributed by atoms with van der Waals surface area (Å²) < 4.78 is 49.0. The minimum atomic E-state index is -1.63. The first-order chi connectivity index (χ1) is 17.3. The second-order valence-electron chi connectivity index (χ2n) is 8.09. The van der Waals surface area contributed by atoms with Crippen molar-refractivity contribution in [2.24, 2.45) is 0 Å². The van der Waals surface area contributed by atoms with Crippen molar-refractivity contribution in [3.63, 3.8) is 0 Å². The van der Waals surface area contributed by atoms with Gasteiger partial charge in [-0.2, -0.15) is 5.10 Å². The Labute approximate surface area is 206 Å². The normalized spacial score (nSPS) is 24.2. The number of halogens is 4. The smallest absolute Gasteiger partial charge is 0.194 e. The first kappa shape index (κ1) is 24.3. The number of hydrogen-bond acceptors (Lipinski definition) is 8. The van der Waals surface area contributed by atoms with Crippen molar-refractivity contribution in [1.82, 2.24) is 29.8 Å². The molecule has 14 heteroatoms. The van der Waals surface area contributed by atoms with Crippen molar-refractivity contribution in [2.75, 3.05) is 6.61 Å². The van der Waals surface area contributed by atoms with Gasteiger partial charge in [-0.3, -0.25) is 0 Å². The number of nitrogens with zero attached hydrogens (tertiary/aromatic N) is 6.